The minimum atomic E-state index is -0.875. The molecular formula is C62H99N9O8. The van der Waals surface area contributed by atoms with Crippen LogP contribution >= 0.6 is 0 Å². The Morgan fingerprint density at radius 2 is 1.33 bits per heavy atom. The van der Waals surface area contributed by atoms with Crippen molar-refractivity contribution < 1.29 is 38.4 Å². The number of benzene rings is 2. The molecule has 2 aromatic carbocycles. The maximum atomic E-state index is 14.1. The lowest BCUT2D eigenvalue weighted by Crippen LogP contribution is -2.61. The molecule has 440 valence electrons. The summed E-state index contributed by atoms with van der Waals surface area (Å²) in [6, 6.07) is 14.4. The monoisotopic (exact) mass is 1100 g/mol. The van der Waals surface area contributed by atoms with Crippen molar-refractivity contribution in [3.8, 4) is 0 Å². The maximum absolute atomic E-state index is 14.1. The molecule has 0 unspecified atom stereocenters. The summed E-state index contributed by atoms with van der Waals surface area (Å²) in [5, 5.41) is 18.7. The predicted octanol–water partition coefficient (Wildman–Crippen LogP) is 7.85. The lowest BCUT2D eigenvalue weighted by molar-refractivity contribution is -0.136. The average Bonchev–Trinajstić information content (AvgIpc) is 3.54. The van der Waals surface area contributed by atoms with Gasteiger partial charge in [-0.05, 0) is 101 Å². The van der Waals surface area contributed by atoms with Gasteiger partial charge in [0.15, 0.2) is 0 Å². The van der Waals surface area contributed by atoms with E-state index in [0.29, 0.717) is 50.2 Å². The summed E-state index contributed by atoms with van der Waals surface area (Å²) in [7, 11) is 3.72. The van der Waals surface area contributed by atoms with Crippen LogP contribution < -0.4 is 37.4 Å². The van der Waals surface area contributed by atoms with Crippen LogP contribution in [-0.2, 0) is 50.4 Å². The van der Waals surface area contributed by atoms with E-state index in [1.807, 2.05) is 117 Å². The fraction of sp³-hybridized carbons (Fsp3) is 0.661. The molecule has 79 heavy (non-hydrogen) atoms. The SMILES string of the molecule is C/C(=C\[C@@H](NC(=O)[C@@H](NC(=O)[C@@H](N(C)C)C(C)(C)c1ccccc1)C(C)(C)C)C(C)C)C(=O)NOCc1ccc(NC(=O)[C@H](C)NC[C@@H](NC(=O)CCCC(=O)N2CCC(C(=O)NC3CCCCCCCC3)CC2)C(C)C)cc1. The van der Waals surface area contributed by atoms with Crippen LogP contribution in [0, 0.1) is 23.2 Å². The lowest BCUT2D eigenvalue weighted by Gasteiger charge is -2.40. The molecule has 1 saturated heterocycles. The van der Waals surface area contributed by atoms with E-state index in [9.17, 15) is 33.6 Å². The standard InChI is InChI=1S/C62H99N9O8/c1-41(2)50(67-59(77)54(61(7,8)9)68-60(78)55(70(12)13)62(10,11)47-24-19-18-20-25-47)38-43(5)56(74)69-79-40-45-30-32-49(33-31-45)64-57(75)44(6)63-39-51(42(3)4)66-52(72)28-23-29-53(73)71-36-34-46(35-37-71)58(76)65-48-26-21-16-14-15-17-22-27-48/h18-20,24-25,30-33,38,41-42,44,46,48,50-51,54-55,63H,14-17,21-23,26-29,34-37,39-40H2,1-13H3,(H,64,75)(H,65,76)(H,66,72)(H,67,77)(H,68,78)(H,69,74)/b43-38+/t44-,50+,51+,54+,55+/m0/s1. The Labute approximate surface area is 473 Å². The van der Waals surface area contributed by atoms with E-state index in [2.05, 4.69) is 37.4 Å². The number of hydroxylamine groups is 1. The van der Waals surface area contributed by atoms with E-state index in [1.54, 1.807) is 44.2 Å². The number of amides is 7. The molecule has 17 heteroatoms. The van der Waals surface area contributed by atoms with Gasteiger partial charge in [0.25, 0.3) is 5.91 Å². The normalized spacial score (nSPS) is 17.3. The fourth-order valence-corrected chi connectivity index (χ4v) is 10.5. The molecule has 4 rings (SSSR count). The average molecular weight is 1100 g/mol. The highest BCUT2D eigenvalue weighted by atomic mass is 16.6. The number of carbonyl (C=O) groups is 7. The van der Waals surface area contributed by atoms with Crippen LogP contribution in [0.25, 0.3) is 0 Å². The Morgan fingerprint density at radius 1 is 0.722 bits per heavy atom. The van der Waals surface area contributed by atoms with Crippen molar-refractivity contribution in [1.29, 1.82) is 0 Å². The van der Waals surface area contributed by atoms with Crippen LogP contribution in [0.3, 0.4) is 0 Å². The Hall–Kier alpha value is -5.65. The molecule has 5 atom stereocenters. The largest absolute Gasteiger partial charge is 0.353 e. The van der Waals surface area contributed by atoms with Gasteiger partial charge in [-0.2, -0.15) is 0 Å². The summed E-state index contributed by atoms with van der Waals surface area (Å²) in [5.74, 6) is -1.41. The number of nitrogens with one attached hydrogen (secondary N) is 7. The number of piperidine rings is 1. The molecule has 1 aliphatic heterocycles. The second-order valence-electron chi connectivity index (χ2n) is 24.8. The van der Waals surface area contributed by atoms with E-state index in [1.165, 1.54) is 38.5 Å². The molecule has 0 aromatic heterocycles. The molecule has 1 heterocycles. The summed E-state index contributed by atoms with van der Waals surface area (Å²) in [4.78, 5) is 103. The number of hydrogen-bond donors (Lipinski definition) is 7. The second-order valence-corrected chi connectivity index (χ2v) is 24.8. The van der Waals surface area contributed by atoms with Crippen molar-refractivity contribution in [3.63, 3.8) is 0 Å². The molecule has 17 nitrogen and oxygen atoms in total. The molecule has 1 saturated carbocycles. The molecule has 2 fully saturated rings. The van der Waals surface area contributed by atoms with Crippen molar-refractivity contribution in [2.45, 2.75) is 208 Å². The summed E-state index contributed by atoms with van der Waals surface area (Å²) in [6.07, 6.45) is 13.4. The zero-order valence-electron chi connectivity index (χ0n) is 50.2. The molecule has 0 radical (unpaired) electrons. The van der Waals surface area contributed by atoms with E-state index in [4.69, 9.17) is 4.84 Å². The number of hydrogen-bond acceptors (Lipinski definition) is 10. The third-order valence-corrected chi connectivity index (χ3v) is 15.7. The van der Waals surface area contributed by atoms with Crippen molar-refractivity contribution in [2.75, 3.05) is 39.0 Å². The molecular weight excluding hydrogens is 999 g/mol. The number of likely N-dealkylation sites (N-methyl/N-ethyl adjacent to an activating group) is 1. The predicted molar refractivity (Wildman–Crippen MR) is 313 cm³/mol. The Morgan fingerprint density at radius 3 is 1.90 bits per heavy atom. The van der Waals surface area contributed by atoms with Gasteiger partial charge in [-0.3, -0.25) is 43.3 Å². The van der Waals surface area contributed by atoms with Crippen LogP contribution in [0.15, 0.2) is 66.2 Å². The van der Waals surface area contributed by atoms with E-state index < -0.39 is 40.9 Å². The van der Waals surface area contributed by atoms with E-state index in [0.717, 1.165) is 24.0 Å². The molecule has 7 amide bonds. The van der Waals surface area contributed by atoms with Gasteiger partial charge in [0.1, 0.15) is 6.04 Å². The number of likely N-dealkylation sites (tertiary alicyclic amines) is 1. The quantitative estimate of drug-likeness (QED) is 0.0358. The first-order valence-electron chi connectivity index (χ1n) is 29.2. The first-order valence-corrected chi connectivity index (χ1v) is 29.2. The molecule has 0 spiro atoms. The first-order chi connectivity index (χ1) is 37.3. The number of carbonyl (C=O) groups excluding carboxylic acids is 7. The highest BCUT2D eigenvalue weighted by Crippen LogP contribution is 2.31. The number of rotatable bonds is 26. The van der Waals surface area contributed by atoms with Crippen LogP contribution in [0.5, 0.6) is 0 Å². The third kappa shape index (κ3) is 21.7. The van der Waals surface area contributed by atoms with Crippen molar-refractivity contribution in [3.05, 3.63) is 77.4 Å². The molecule has 2 aliphatic rings. The van der Waals surface area contributed by atoms with Crippen LogP contribution in [-0.4, -0.2) is 121 Å². The Balaban J connectivity index is 1.17. The summed E-state index contributed by atoms with van der Waals surface area (Å²) < 4.78 is 0. The number of nitrogens with zero attached hydrogens (tertiary/aromatic N) is 2. The van der Waals surface area contributed by atoms with Crippen LogP contribution in [0.2, 0.25) is 0 Å². The van der Waals surface area contributed by atoms with Gasteiger partial charge in [-0.1, -0.05) is 149 Å². The van der Waals surface area contributed by atoms with Crippen molar-refractivity contribution >= 4 is 47.0 Å². The highest BCUT2D eigenvalue weighted by molar-refractivity contribution is 5.95. The molecule has 7 N–H and O–H groups in total. The van der Waals surface area contributed by atoms with Crippen molar-refractivity contribution in [2.24, 2.45) is 23.2 Å². The third-order valence-electron chi connectivity index (χ3n) is 15.7. The summed E-state index contributed by atoms with van der Waals surface area (Å²) >= 11 is 0. The second kappa shape index (κ2) is 32.0. The highest BCUT2D eigenvalue weighted by Gasteiger charge is 2.42. The van der Waals surface area contributed by atoms with Crippen molar-refractivity contribution in [1.82, 2.24) is 41.9 Å². The topological polar surface area (TPSA) is 219 Å². The van der Waals surface area contributed by atoms with Gasteiger partial charge in [-0.25, -0.2) is 5.48 Å². The van der Waals surface area contributed by atoms with E-state index >= 15 is 0 Å². The van der Waals surface area contributed by atoms with Gasteiger partial charge in [0, 0.05) is 67.2 Å². The molecule has 2 aromatic rings. The molecule has 0 bridgehead atoms. The Bertz CT molecular complexity index is 2290. The minimum absolute atomic E-state index is 0.0197. The zero-order chi connectivity index (χ0) is 58.5. The van der Waals surface area contributed by atoms with Gasteiger partial charge in [0.05, 0.1) is 24.7 Å². The minimum Gasteiger partial charge on any atom is -0.353 e. The lowest BCUT2D eigenvalue weighted by atomic mass is 9.76. The van der Waals surface area contributed by atoms with Gasteiger partial charge in [-0.15, -0.1) is 0 Å². The first kappa shape index (κ1) is 65.9. The maximum Gasteiger partial charge on any atom is 0.270 e. The fourth-order valence-electron chi connectivity index (χ4n) is 10.5. The van der Waals surface area contributed by atoms with Gasteiger partial charge < -0.3 is 36.8 Å². The van der Waals surface area contributed by atoms with Crippen LogP contribution in [0.4, 0.5) is 5.69 Å². The van der Waals surface area contributed by atoms with Gasteiger partial charge in [0.2, 0.25) is 35.4 Å². The smallest absolute Gasteiger partial charge is 0.270 e. The number of anilines is 1. The summed E-state index contributed by atoms with van der Waals surface area (Å²) in [5.41, 5.74) is 3.93. The molecule has 1 aliphatic carbocycles. The van der Waals surface area contributed by atoms with E-state index in [-0.39, 0.29) is 84.7 Å². The van der Waals surface area contributed by atoms with Crippen LogP contribution in [0.1, 0.15) is 171 Å². The zero-order valence-corrected chi connectivity index (χ0v) is 50.2. The Kier molecular flexibility index (Phi) is 26.6. The summed E-state index contributed by atoms with van der Waals surface area (Å²) in [6.45, 7) is 22.6. The van der Waals surface area contributed by atoms with Gasteiger partial charge >= 0.3 is 0 Å².